The van der Waals surface area contributed by atoms with Gasteiger partial charge in [0.1, 0.15) is 11.4 Å². The van der Waals surface area contributed by atoms with E-state index < -0.39 is 23.2 Å². The van der Waals surface area contributed by atoms with Crippen molar-refractivity contribution in [3.8, 4) is 5.75 Å². The van der Waals surface area contributed by atoms with Crippen molar-refractivity contribution < 1.29 is 27.4 Å². The molecule has 0 heterocycles. The molecular formula is C16H20F3NO3. The number of amides is 1. The summed E-state index contributed by atoms with van der Waals surface area (Å²) in [5.41, 5.74) is -1.78. The second-order valence-electron chi connectivity index (χ2n) is 5.50. The van der Waals surface area contributed by atoms with Crippen molar-refractivity contribution >= 4 is 11.6 Å². The summed E-state index contributed by atoms with van der Waals surface area (Å²) in [7, 11) is 1.45. The smallest absolute Gasteiger partial charge is 0.420 e. The van der Waals surface area contributed by atoms with Crippen LogP contribution in [0, 0.1) is 0 Å². The Balaban J connectivity index is 2.25. The maximum Gasteiger partial charge on any atom is 0.420 e. The molecule has 1 amide bonds. The van der Waals surface area contributed by atoms with Crippen LogP contribution in [0.15, 0.2) is 18.2 Å². The van der Waals surface area contributed by atoms with Gasteiger partial charge in [-0.05, 0) is 50.8 Å². The molecule has 7 heteroatoms. The SMILES string of the molecule is CCOc1ccc(NC(=O)C2(OC)CCCC2)cc1C(F)(F)F. The van der Waals surface area contributed by atoms with Gasteiger partial charge in [0.2, 0.25) is 0 Å². The molecule has 1 aromatic carbocycles. The summed E-state index contributed by atoms with van der Waals surface area (Å²) in [6, 6.07) is 3.51. The third-order valence-electron chi connectivity index (χ3n) is 4.06. The molecule has 0 aromatic heterocycles. The van der Waals surface area contributed by atoms with Crippen LogP contribution in [-0.2, 0) is 15.7 Å². The highest BCUT2D eigenvalue weighted by atomic mass is 19.4. The van der Waals surface area contributed by atoms with Gasteiger partial charge in [0.25, 0.3) is 5.91 Å². The molecule has 0 aliphatic heterocycles. The first-order valence-electron chi connectivity index (χ1n) is 7.53. The summed E-state index contributed by atoms with van der Waals surface area (Å²) in [4.78, 5) is 12.4. The Bertz CT molecular complexity index is 566. The van der Waals surface area contributed by atoms with Crippen LogP contribution >= 0.6 is 0 Å². The standard InChI is InChI=1S/C16H20F3NO3/c1-3-23-13-7-6-11(10-12(13)16(17,18)19)20-14(21)15(22-2)8-4-5-9-15/h6-7,10H,3-5,8-9H2,1-2H3,(H,20,21). The number of hydrogen-bond donors (Lipinski definition) is 1. The Morgan fingerprint density at radius 1 is 1.30 bits per heavy atom. The first-order valence-corrected chi connectivity index (χ1v) is 7.53. The van der Waals surface area contributed by atoms with Crippen molar-refractivity contribution in [1.82, 2.24) is 0 Å². The van der Waals surface area contributed by atoms with Crippen molar-refractivity contribution in [3.63, 3.8) is 0 Å². The average Bonchev–Trinajstić information content (AvgIpc) is 2.98. The monoisotopic (exact) mass is 331 g/mol. The lowest BCUT2D eigenvalue weighted by Crippen LogP contribution is -2.42. The third kappa shape index (κ3) is 3.77. The molecule has 1 aromatic rings. The van der Waals surface area contributed by atoms with E-state index in [1.54, 1.807) is 6.92 Å². The molecule has 0 atom stereocenters. The van der Waals surface area contributed by atoms with Crippen LogP contribution in [0.25, 0.3) is 0 Å². The van der Waals surface area contributed by atoms with Crippen LogP contribution < -0.4 is 10.1 Å². The van der Waals surface area contributed by atoms with Gasteiger partial charge >= 0.3 is 6.18 Å². The molecule has 1 aliphatic rings. The number of nitrogens with one attached hydrogen (secondary N) is 1. The third-order valence-corrected chi connectivity index (χ3v) is 4.06. The van der Waals surface area contributed by atoms with Crippen LogP contribution in [0.5, 0.6) is 5.75 Å². The zero-order valence-electron chi connectivity index (χ0n) is 13.1. The Labute approximate surface area is 133 Å². The fraction of sp³-hybridized carbons (Fsp3) is 0.562. The van der Waals surface area contributed by atoms with Crippen molar-refractivity contribution in [3.05, 3.63) is 23.8 Å². The summed E-state index contributed by atoms with van der Waals surface area (Å²) in [5.74, 6) is -0.657. The minimum absolute atomic E-state index is 0.0779. The number of ether oxygens (including phenoxy) is 2. The first kappa shape index (κ1) is 17.6. The van der Waals surface area contributed by atoms with Gasteiger partial charge in [-0.2, -0.15) is 13.2 Å². The minimum Gasteiger partial charge on any atom is -0.493 e. The van der Waals surface area contributed by atoms with Crippen LogP contribution in [0.1, 0.15) is 38.2 Å². The largest absolute Gasteiger partial charge is 0.493 e. The molecule has 128 valence electrons. The lowest BCUT2D eigenvalue weighted by Gasteiger charge is -2.26. The zero-order valence-corrected chi connectivity index (χ0v) is 13.1. The zero-order chi connectivity index (χ0) is 17.1. The first-order chi connectivity index (χ1) is 10.8. The van der Waals surface area contributed by atoms with E-state index >= 15 is 0 Å². The summed E-state index contributed by atoms with van der Waals surface area (Å²) in [6.07, 6.45) is -1.70. The van der Waals surface area contributed by atoms with E-state index in [1.165, 1.54) is 19.2 Å². The van der Waals surface area contributed by atoms with E-state index in [9.17, 15) is 18.0 Å². The van der Waals surface area contributed by atoms with Gasteiger partial charge in [-0.25, -0.2) is 0 Å². The second kappa shape index (κ2) is 6.78. The fourth-order valence-electron chi connectivity index (χ4n) is 2.83. The molecule has 1 saturated carbocycles. The van der Waals surface area contributed by atoms with Gasteiger partial charge in [0.05, 0.1) is 12.2 Å². The van der Waals surface area contributed by atoms with Crippen LogP contribution in [-0.4, -0.2) is 25.2 Å². The van der Waals surface area contributed by atoms with E-state index in [4.69, 9.17) is 9.47 Å². The van der Waals surface area contributed by atoms with E-state index in [0.717, 1.165) is 18.9 Å². The Morgan fingerprint density at radius 3 is 2.48 bits per heavy atom. The second-order valence-corrected chi connectivity index (χ2v) is 5.50. The van der Waals surface area contributed by atoms with Gasteiger partial charge in [-0.15, -0.1) is 0 Å². The minimum atomic E-state index is -4.56. The number of halogens is 3. The number of anilines is 1. The summed E-state index contributed by atoms with van der Waals surface area (Å²) >= 11 is 0. The maximum atomic E-state index is 13.1. The van der Waals surface area contributed by atoms with Gasteiger partial charge in [-0.3, -0.25) is 4.79 Å². The molecule has 0 bridgehead atoms. The number of methoxy groups -OCH3 is 1. The Kier molecular flexibility index (Phi) is 5.19. The quantitative estimate of drug-likeness (QED) is 0.887. The highest BCUT2D eigenvalue weighted by Crippen LogP contribution is 2.39. The number of alkyl halides is 3. The maximum absolute atomic E-state index is 13.1. The molecule has 0 spiro atoms. The molecule has 0 saturated heterocycles. The number of benzene rings is 1. The molecule has 1 N–H and O–H groups in total. The Morgan fingerprint density at radius 2 is 1.96 bits per heavy atom. The van der Waals surface area contributed by atoms with E-state index in [-0.39, 0.29) is 18.0 Å². The van der Waals surface area contributed by atoms with Crippen LogP contribution in [0.3, 0.4) is 0 Å². The topological polar surface area (TPSA) is 47.6 Å². The summed E-state index contributed by atoms with van der Waals surface area (Å²) < 4.78 is 49.7. The van der Waals surface area contributed by atoms with E-state index in [0.29, 0.717) is 12.8 Å². The molecular weight excluding hydrogens is 311 g/mol. The molecule has 4 nitrogen and oxygen atoms in total. The fourth-order valence-corrected chi connectivity index (χ4v) is 2.83. The predicted octanol–water partition coefficient (Wildman–Crippen LogP) is 4.00. The van der Waals surface area contributed by atoms with Gasteiger partial charge < -0.3 is 14.8 Å². The highest BCUT2D eigenvalue weighted by molar-refractivity contribution is 5.97. The van der Waals surface area contributed by atoms with Crippen molar-refractivity contribution in [2.45, 2.75) is 44.4 Å². The molecule has 2 rings (SSSR count). The number of hydrogen-bond acceptors (Lipinski definition) is 3. The molecule has 0 unspecified atom stereocenters. The van der Waals surface area contributed by atoms with Crippen molar-refractivity contribution in [2.75, 3.05) is 19.0 Å². The highest BCUT2D eigenvalue weighted by Gasteiger charge is 2.41. The molecule has 0 radical (unpaired) electrons. The van der Waals surface area contributed by atoms with E-state index in [1.807, 2.05) is 0 Å². The van der Waals surface area contributed by atoms with Crippen LogP contribution in [0.4, 0.5) is 18.9 Å². The number of carbonyl (C=O) groups is 1. The number of rotatable bonds is 5. The van der Waals surface area contributed by atoms with E-state index in [2.05, 4.69) is 5.32 Å². The van der Waals surface area contributed by atoms with Gasteiger partial charge in [0, 0.05) is 12.8 Å². The molecule has 1 aliphatic carbocycles. The van der Waals surface area contributed by atoms with Crippen LogP contribution in [0.2, 0.25) is 0 Å². The Hall–Kier alpha value is -1.76. The predicted molar refractivity (Wildman–Crippen MR) is 79.5 cm³/mol. The lowest BCUT2D eigenvalue weighted by atomic mass is 10.0. The van der Waals surface area contributed by atoms with Gasteiger partial charge in [-0.1, -0.05) is 0 Å². The van der Waals surface area contributed by atoms with Gasteiger partial charge in [0.15, 0.2) is 0 Å². The summed E-state index contributed by atoms with van der Waals surface area (Å²) in [6.45, 7) is 1.74. The lowest BCUT2D eigenvalue weighted by molar-refractivity contribution is -0.139. The average molecular weight is 331 g/mol. The van der Waals surface area contributed by atoms with Crippen molar-refractivity contribution in [1.29, 1.82) is 0 Å². The van der Waals surface area contributed by atoms with Crippen molar-refractivity contribution in [2.24, 2.45) is 0 Å². The number of carbonyl (C=O) groups excluding carboxylic acids is 1. The summed E-state index contributed by atoms with van der Waals surface area (Å²) in [5, 5.41) is 2.54. The molecule has 23 heavy (non-hydrogen) atoms. The molecule has 1 fully saturated rings. The normalized spacial score (nSPS) is 17.1.